The summed E-state index contributed by atoms with van der Waals surface area (Å²) in [5.74, 6) is 0. The van der Waals surface area contributed by atoms with Crippen molar-refractivity contribution < 1.29 is 13.6 Å². The molecule has 0 spiro atoms. The summed E-state index contributed by atoms with van der Waals surface area (Å²) in [7, 11) is -3.04. The molecule has 6 nitrogen and oxygen atoms in total. The molecule has 0 aliphatic heterocycles. The number of rotatable bonds is 18. The second kappa shape index (κ2) is 17.6. The van der Waals surface area contributed by atoms with E-state index in [-0.39, 0.29) is 0 Å². The SMILES string of the molecule is CCCCC=C(C)NO[Si](C)(ONC(C)=CCCCC)ONC(C)=CCCCC. The molecule has 0 aromatic heterocycles. The summed E-state index contributed by atoms with van der Waals surface area (Å²) in [6.07, 6.45) is 16.4. The summed E-state index contributed by atoms with van der Waals surface area (Å²) in [5.41, 5.74) is 11.8. The van der Waals surface area contributed by atoms with E-state index in [1.165, 1.54) is 19.3 Å². The van der Waals surface area contributed by atoms with E-state index in [0.717, 1.165) is 55.6 Å². The molecule has 0 radical (unpaired) electrons. The van der Waals surface area contributed by atoms with Crippen LogP contribution in [0.15, 0.2) is 35.3 Å². The Bertz CT molecular complexity index is 438. The molecular weight excluding hydrogens is 382 g/mol. The van der Waals surface area contributed by atoms with E-state index < -0.39 is 8.80 Å². The van der Waals surface area contributed by atoms with Crippen LogP contribution in [0.1, 0.15) is 99.3 Å². The summed E-state index contributed by atoms with van der Waals surface area (Å²) < 4.78 is 17.6. The first kappa shape index (κ1) is 27.7. The fourth-order valence-electron chi connectivity index (χ4n) is 2.28. The third-order valence-electron chi connectivity index (χ3n) is 4.22. The molecule has 0 saturated heterocycles. The zero-order valence-electron chi connectivity index (χ0n) is 19.8. The predicted octanol–water partition coefficient (Wildman–Crippen LogP) is 6.40. The Hall–Kier alpha value is -1.28. The molecular formula is C22H45N3O3Si. The standard InChI is InChI=1S/C22H45N3O3Si/c1-8-11-14-17-20(4)23-26-29(7,27-24-21(5)18-15-12-9-2)28-25-22(6)19-16-13-10-3/h17-19,23-25H,8-16H2,1-7H3. The molecule has 0 aromatic rings. The van der Waals surface area contributed by atoms with Crippen LogP contribution in [0, 0.1) is 0 Å². The average Bonchev–Trinajstić information content (AvgIpc) is 2.70. The van der Waals surface area contributed by atoms with E-state index in [9.17, 15) is 0 Å². The van der Waals surface area contributed by atoms with Crippen molar-refractivity contribution in [2.24, 2.45) is 0 Å². The van der Waals surface area contributed by atoms with Crippen molar-refractivity contribution in [3.05, 3.63) is 35.3 Å². The average molecular weight is 428 g/mol. The highest BCUT2D eigenvalue weighted by molar-refractivity contribution is 6.58. The molecule has 0 bridgehead atoms. The van der Waals surface area contributed by atoms with Crippen molar-refractivity contribution in [1.29, 1.82) is 0 Å². The zero-order valence-corrected chi connectivity index (χ0v) is 20.8. The summed E-state index contributed by atoms with van der Waals surface area (Å²) in [5, 5.41) is 0. The Morgan fingerprint density at radius 3 is 1.14 bits per heavy atom. The summed E-state index contributed by atoms with van der Waals surface area (Å²) in [4.78, 5) is 0. The van der Waals surface area contributed by atoms with Crippen LogP contribution in [0.3, 0.4) is 0 Å². The maximum absolute atomic E-state index is 5.87. The van der Waals surface area contributed by atoms with Crippen LogP contribution in [0.2, 0.25) is 6.55 Å². The van der Waals surface area contributed by atoms with Gasteiger partial charge in [0.05, 0.1) is 0 Å². The fraction of sp³-hybridized carbons (Fsp3) is 0.727. The van der Waals surface area contributed by atoms with Gasteiger partial charge in [0, 0.05) is 23.6 Å². The van der Waals surface area contributed by atoms with Gasteiger partial charge in [-0.3, -0.25) is 30.0 Å². The van der Waals surface area contributed by atoms with Gasteiger partial charge in [0.1, 0.15) is 0 Å². The molecule has 0 fully saturated rings. The van der Waals surface area contributed by atoms with Crippen LogP contribution in [0.4, 0.5) is 0 Å². The van der Waals surface area contributed by atoms with Gasteiger partial charge in [0.25, 0.3) is 0 Å². The molecule has 170 valence electrons. The molecule has 0 aliphatic rings. The van der Waals surface area contributed by atoms with Crippen molar-refractivity contribution in [3.63, 3.8) is 0 Å². The molecule has 0 amide bonds. The van der Waals surface area contributed by atoms with Crippen LogP contribution < -0.4 is 16.4 Å². The Morgan fingerprint density at radius 1 is 0.621 bits per heavy atom. The highest BCUT2D eigenvalue weighted by Crippen LogP contribution is 2.10. The van der Waals surface area contributed by atoms with Crippen LogP contribution in [-0.4, -0.2) is 8.80 Å². The minimum atomic E-state index is -3.04. The quantitative estimate of drug-likeness (QED) is 0.134. The Balaban J connectivity index is 4.84. The number of allylic oxidation sites excluding steroid dienone is 6. The van der Waals surface area contributed by atoms with Crippen LogP contribution >= 0.6 is 0 Å². The van der Waals surface area contributed by atoms with Gasteiger partial charge in [-0.2, -0.15) is 0 Å². The van der Waals surface area contributed by atoms with E-state index in [4.69, 9.17) is 13.6 Å². The van der Waals surface area contributed by atoms with E-state index in [2.05, 4.69) is 55.4 Å². The highest BCUT2D eigenvalue weighted by atomic mass is 28.4. The summed E-state index contributed by atoms with van der Waals surface area (Å²) in [6.45, 7) is 14.3. The van der Waals surface area contributed by atoms with Crippen molar-refractivity contribution in [3.8, 4) is 0 Å². The van der Waals surface area contributed by atoms with Crippen molar-refractivity contribution >= 4 is 8.80 Å². The molecule has 29 heavy (non-hydrogen) atoms. The number of hydrogen-bond donors (Lipinski definition) is 3. The second-order valence-corrected chi connectivity index (χ2v) is 9.90. The van der Waals surface area contributed by atoms with Crippen molar-refractivity contribution in [1.82, 2.24) is 16.4 Å². The first-order valence-electron chi connectivity index (χ1n) is 11.2. The highest BCUT2D eigenvalue weighted by Gasteiger charge is 2.39. The molecule has 0 rings (SSSR count). The lowest BCUT2D eigenvalue weighted by Gasteiger charge is -2.26. The Kier molecular flexibility index (Phi) is 16.8. The smallest absolute Gasteiger partial charge is 0.278 e. The van der Waals surface area contributed by atoms with Crippen LogP contribution in [0.25, 0.3) is 0 Å². The minimum Gasteiger partial charge on any atom is -0.278 e. The third-order valence-corrected chi connectivity index (χ3v) is 5.64. The molecule has 7 heteroatoms. The van der Waals surface area contributed by atoms with E-state index in [1.54, 1.807) is 0 Å². The van der Waals surface area contributed by atoms with Crippen LogP contribution in [0.5, 0.6) is 0 Å². The normalized spacial score (nSPS) is 15.2. The van der Waals surface area contributed by atoms with Gasteiger partial charge < -0.3 is 0 Å². The van der Waals surface area contributed by atoms with E-state index >= 15 is 0 Å². The van der Waals surface area contributed by atoms with Gasteiger partial charge in [0.15, 0.2) is 0 Å². The largest absolute Gasteiger partial charge is 0.563 e. The molecule has 0 atom stereocenters. The third kappa shape index (κ3) is 16.2. The van der Waals surface area contributed by atoms with Gasteiger partial charge in [-0.05, 0) is 40.0 Å². The summed E-state index contributed by atoms with van der Waals surface area (Å²) in [6, 6.07) is 0. The molecule has 0 unspecified atom stereocenters. The lowest BCUT2D eigenvalue weighted by Crippen LogP contribution is -2.52. The van der Waals surface area contributed by atoms with Crippen molar-refractivity contribution in [2.75, 3.05) is 0 Å². The van der Waals surface area contributed by atoms with Crippen molar-refractivity contribution in [2.45, 2.75) is 106 Å². The Morgan fingerprint density at radius 2 is 0.897 bits per heavy atom. The van der Waals surface area contributed by atoms with Crippen LogP contribution in [-0.2, 0) is 13.6 Å². The lowest BCUT2D eigenvalue weighted by molar-refractivity contribution is -0.0111. The number of hydroxylamine groups is 3. The number of nitrogens with one attached hydrogen (secondary N) is 3. The molecule has 0 aliphatic carbocycles. The number of unbranched alkanes of at least 4 members (excludes halogenated alkanes) is 6. The monoisotopic (exact) mass is 427 g/mol. The Labute approximate surface area is 180 Å². The maximum atomic E-state index is 5.87. The first-order valence-corrected chi connectivity index (χ1v) is 13.4. The van der Waals surface area contributed by atoms with Gasteiger partial charge >= 0.3 is 8.80 Å². The molecule has 0 aromatic carbocycles. The van der Waals surface area contributed by atoms with E-state index in [0.29, 0.717) is 0 Å². The number of hydrogen-bond acceptors (Lipinski definition) is 6. The predicted molar refractivity (Wildman–Crippen MR) is 124 cm³/mol. The molecule has 0 heterocycles. The molecule has 3 N–H and O–H groups in total. The fourth-order valence-corrected chi connectivity index (χ4v) is 3.44. The zero-order chi connectivity index (χ0) is 22.0. The van der Waals surface area contributed by atoms with Gasteiger partial charge in [-0.25, -0.2) is 0 Å². The lowest BCUT2D eigenvalue weighted by atomic mass is 10.2. The second-order valence-electron chi connectivity index (χ2n) is 7.56. The molecule has 0 saturated carbocycles. The summed E-state index contributed by atoms with van der Waals surface area (Å²) >= 11 is 0. The minimum absolute atomic E-state index is 0.954. The topological polar surface area (TPSA) is 63.8 Å². The first-order chi connectivity index (χ1) is 13.9. The maximum Gasteiger partial charge on any atom is 0.563 e. The van der Waals surface area contributed by atoms with Gasteiger partial charge in [-0.1, -0.05) is 77.5 Å². The van der Waals surface area contributed by atoms with Gasteiger partial charge in [0.2, 0.25) is 0 Å². The van der Waals surface area contributed by atoms with Gasteiger partial charge in [-0.15, -0.1) is 0 Å². The van der Waals surface area contributed by atoms with E-state index in [1.807, 2.05) is 27.3 Å².